The first-order valence-electron chi connectivity index (χ1n) is 22.0. The molecule has 19 N–H and O–H groups in total. The largest absolute Gasteiger partial charge is 0.480 e. The topological polar surface area (TPSA) is 417 Å². The zero-order valence-corrected chi connectivity index (χ0v) is 37.7. The molecule has 0 radical (unpaired) electrons. The number of carbonyl (C=O) groups excluding carboxylic acids is 7. The summed E-state index contributed by atoms with van der Waals surface area (Å²) in [7, 11) is 0. The van der Waals surface area contributed by atoms with E-state index in [-0.39, 0.29) is 82.9 Å². The molecule has 1 aromatic carbocycles. The molecular weight excluding hydrogens is 859 g/mol. The Balaban J connectivity index is 1.77. The molecule has 0 unspecified atom stereocenters. The molecule has 0 spiro atoms. The molecule has 3 rings (SSSR count). The predicted octanol–water partition coefficient (Wildman–Crippen LogP) is -3.02. The summed E-state index contributed by atoms with van der Waals surface area (Å²) in [6, 6.07) is -1.02. The van der Waals surface area contributed by atoms with Gasteiger partial charge in [0, 0.05) is 43.2 Å². The molecule has 1 aliphatic heterocycles. The van der Waals surface area contributed by atoms with Crippen molar-refractivity contribution in [3.05, 3.63) is 36.0 Å². The van der Waals surface area contributed by atoms with Gasteiger partial charge < -0.3 is 76.0 Å². The van der Waals surface area contributed by atoms with E-state index in [2.05, 4.69) is 41.6 Å². The Morgan fingerprint density at radius 3 is 1.97 bits per heavy atom. The number of fused-ring (bicyclic) bond motifs is 1. The van der Waals surface area contributed by atoms with Crippen LogP contribution in [0.4, 0.5) is 0 Å². The molecule has 1 fully saturated rings. The van der Waals surface area contributed by atoms with Gasteiger partial charge in [-0.3, -0.25) is 43.5 Å². The summed E-state index contributed by atoms with van der Waals surface area (Å²) in [4.78, 5) is 118. The smallest absolute Gasteiger partial charge is 0.326 e. The molecule has 2 aromatic rings. The number of para-hydroxylation sites is 1. The van der Waals surface area contributed by atoms with Crippen LogP contribution < -0.4 is 61.0 Å². The first-order valence-corrected chi connectivity index (χ1v) is 22.0. The van der Waals surface area contributed by atoms with Gasteiger partial charge in [-0.1, -0.05) is 38.5 Å². The van der Waals surface area contributed by atoms with Crippen molar-refractivity contribution in [1.82, 2.24) is 36.5 Å². The average Bonchev–Trinajstić information content (AvgIpc) is 3.93. The van der Waals surface area contributed by atoms with Crippen molar-refractivity contribution in [1.29, 1.82) is 0 Å². The van der Waals surface area contributed by atoms with Crippen molar-refractivity contribution < 1.29 is 43.5 Å². The molecule has 0 bridgehead atoms. The standard InChI is InChI=1S/C42H67N15O9/c1-4-22(2)33(40(65)66)56-37(62)29(13-8-18-50-42(47)48)53-34(59)23(3)52-36(61)28(12-7-17-49-41(45)46)54-38(63)31-14-9-19-57(31)39(64)30(15-16-32(44)58)55-35(60)26(43)20-24-21-51-27-11-6-5-10-25(24)27/h5-6,10-11,21-23,26,28-31,33,51H,4,7-9,12-20,43H2,1-3H3,(H2,44,58)(H,52,61)(H,53,59)(H,54,63)(H,55,60)(H,56,62)(H,65,66)(H4,45,46,49)(H4,47,48,50)/t22-,23-,26-,28-,29-,30-,31-,33-/m0/s1. The molecule has 0 saturated carbocycles. The fourth-order valence-corrected chi connectivity index (χ4v) is 7.38. The maximum absolute atomic E-state index is 14.1. The third kappa shape index (κ3) is 16.5. The number of aliphatic carboxylic acids is 1. The van der Waals surface area contributed by atoms with Crippen LogP contribution in [0.5, 0.6) is 0 Å². The van der Waals surface area contributed by atoms with Gasteiger partial charge in [0.25, 0.3) is 0 Å². The van der Waals surface area contributed by atoms with Crippen LogP contribution in [0.2, 0.25) is 0 Å². The molecule has 66 heavy (non-hydrogen) atoms. The number of primary amides is 1. The minimum Gasteiger partial charge on any atom is -0.480 e. The fraction of sp³-hybridized carbons (Fsp3) is 0.571. The number of H-pyrrole nitrogens is 1. The van der Waals surface area contributed by atoms with Gasteiger partial charge in [-0.2, -0.15) is 0 Å². The van der Waals surface area contributed by atoms with Crippen LogP contribution in [0, 0.1) is 5.92 Å². The third-order valence-electron chi connectivity index (χ3n) is 11.3. The molecule has 364 valence electrons. The van der Waals surface area contributed by atoms with Gasteiger partial charge in [0.15, 0.2) is 11.9 Å². The molecular formula is C42H67N15O9. The van der Waals surface area contributed by atoms with Gasteiger partial charge in [0.05, 0.1) is 6.04 Å². The monoisotopic (exact) mass is 926 g/mol. The first-order chi connectivity index (χ1) is 31.2. The first kappa shape index (κ1) is 53.4. The lowest BCUT2D eigenvalue weighted by Crippen LogP contribution is -2.59. The summed E-state index contributed by atoms with van der Waals surface area (Å²) in [5, 5.41) is 23.6. The van der Waals surface area contributed by atoms with Crippen LogP contribution in [0.25, 0.3) is 10.9 Å². The second kappa shape index (κ2) is 26.1. The van der Waals surface area contributed by atoms with Crippen molar-refractivity contribution in [2.75, 3.05) is 19.6 Å². The van der Waals surface area contributed by atoms with Crippen LogP contribution in [-0.2, 0) is 44.8 Å². The van der Waals surface area contributed by atoms with Gasteiger partial charge in [-0.15, -0.1) is 0 Å². The van der Waals surface area contributed by atoms with Gasteiger partial charge in [-0.25, -0.2) is 4.79 Å². The van der Waals surface area contributed by atoms with E-state index in [1.807, 2.05) is 24.3 Å². The predicted molar refractivity (Wildman–Crippen MR) is 245 cm³/mol. The zero-order chi connectivity index (χ0) is 49.1. The van der Waals surface area contributed by atoms with E-state index in [0.29, 0.717) is 12.8 Å². The van der Waals surface area contributed by atoms with Crippen LogP contribution >= 0.6 is 0 Å². The van der Waals surface area contributed by atoms with Crippen LogP contribution in [0.15, 0.2) is 40.4 Å². The van der Waals surface area contributed by atoms with Crippen LogP contribution in [0.3, 0.4) is 0 Å². The zero-order valence-electron chi connectivity index (χ0n) is 37.7. The Labute approximate surface area is 382 Å². The molecule has 0 aliphatic carbocycles. The van der Waals surface area contributed by atoms with Gasteiger partial charge >= 0.3 is 5.97 Å². The number of likely N-dealkylation sites (tertiary alicyclic amines) is 1. The fourth-order valence-electron chi connectivity index (χ4n) is 7.38. The summed E-state index contributed by atoms with van der Waals surface area (Å²) >= 11 is 0. The number of rotatable bonds is 27. The maximum atomic E-state index is 14.1. The summed E-state index contributed by atoms with van der Waals surface area (Å²) in [6.45, 7) is 5.08. The molecule has 1 aromatic heterocycles. The average molecular weight is 926 g/mol. The molecule has 1 saturated heterocycles. The van der Waals surface area contributed by atoms with Crippen molar-refractivity contribution in [2.45, 2.75) is 127 Å². The van der Waals surface area contributed by atoms with E-state index < -0.39 is 95.5 Å². The summed E-state index contributed by atoms with van der Waals surface area (Å²) in [5.41, 5.74) is 35.1. The number of nitrogens with two attached hydrogens (primary N) is 6. The van der Waals surface area contributed by atoms with Crippen molar-refractivity contribution in [2.24, 2.45) is 50.3 Å². The number of nitrogens with zero attached hydrogens (tertiary/aromatic N) is 3. The lowest BCUT2D eigenvalue weighted by atomic mass is 9.98. The second-order valence-electron chi connectivity index (χ2n) is 16.4. The van der Waals surface area contributed by atoms with Crippen molar-refractivity contribution in [3.8, 4) is 0 Å². The maximum Gasteiger partial charge on any atom is 0.326 e. The van der Waals surface area contributed by atoms with Crippen molar-refractivity contribution >= 4 is 70.1 Å². The summed E-state index contributed by atoms with van der Waals surface area (Å²) in [6.07, 6.45) is 2.90. The van der Waals surface area contributed by atoms with E-state index in [1.54, 1.807) is 20.0 Å². The van der Waals surface area contributed by atoms with Gasteiger partial charge in [0.2, 0.25) is 41.4 Å². The molecule has 24 heteroatoms. The quantitative estimate of drug-likeness (QED) is 0.0241. The van der Waals surface area contributed by atoms with Crippen LogP contribution in [-0.4, -0.2) is 136 Å². The van der Waals surface area contributed by atoms with E-state index in [9.17, 15) is 43.5 Å². The number of carboxylic acid groups (broad SMARTS) is 1. The number of aromatic nitrogens is 1. The molecule has 24 nitrogen and oxygen atoms in total. The highest BCUT2D eigenvalue weighted by Gasteiger charge is 2.40. The number of hydrogen-bond donors (Lipinski definition) is 13. The molecule has 2 heterocycles. The Kier molecular flexibility index (Phi) is 21.1. The summed E-state index contributed by atoms with van der Waals surface area (Å²) < 4.78 is 0. The number of nitrogens with one attached hydrogen (secondary N) is 6. The normalized spacial score (nSPS) is 16.5. The highest BCUT2D eigenvalue weighted by Crippen LogP contribution is 2.22. The number of amides is 7. The number of guanidine groups is 2. The minimum absolute atomic E-state index is 0.00677. The number of carbonyl (C=O) groups is 8. The second-order valence-corrected chi connectivity index (χ2v) is 16.4. The van der Waals surface area contributed by atoms with Gasteiger partial charge in [0.1, 0.15) is 36.3 Å². The Bertz CT molecular complexity index is 2080. The highest BCUT2D eigenvalue weighted by atomic mass is 16.4. The number of aliphatic imine (C=N–C) groups is 2. The number of carboxylic acids is 1. The van der Waals surface area contributed by atoms with E-state index in [1.165, 1.54) is 11.8 Å². The van der Waals surface area contributed by atoms with Gasteiger partial charge in [-0.05, 0) is 75.8 Å². The van der Waals surface area contributed by atoms with E-state index in [4.69, 9.17) is 34.4 Å². The SMILES string of the molecule is CC[C@H](C)[C@H](NC(=O)[C@H](CCCN=C(N)N)NC(=O)[C@H](C)NC(=O)[C@H](CCCN=C(N)N)NC(=O)[C@@H]1CCCN1C(=O)[C@H](CCC(N)=O)NC(=O)[C@@H](N)Cc1c[nH]c2ccccc12)C(=O)O. The van der Waals surface area contributed by atoms with E-state index in [0.717, 1.165) is 16.5 Å². The van der Waals surface area contributed by atoms with E-state index >= 15 is 0 Å². The molecule has 7 amide bonds. The Morgan fingerprint density at radius 2 is 1.38 bits per heavy atom. The molecule has 8 atom stereocenters. The molecule has 1 aliphatic rings. The highest BCUT2D eigenvalue weighted by molar-refractivity contribution is 5.97. The number of aromatic amines is 1. The summed E-state index contributed by atoms with van der Waals surface area (Å²) in [5.74, 6) is -7.18. The third-order valence-corrected chi connectivity index (χ3v) is 11.3. The minimum atomic E-state index is -1.28. The lowest BCUT2D eigenvalue weighted by molar-refractivity contribution is -0.144. The van der Waals surface area contributed by atoms with Crippen LogP contribution in [0.1, 0.15) is 84.1 Å². The number of benzene rings is 1. The Hall–Kier alpha value is -6.98. The lowest BCUT2D eigenvalue weighted by Gasteiger charge is -2.30. The Morgan fingerprint density at radius 1 is 0.788 bits per heavy atom. The van der Waals surface area contributed by atoms with Crippen molar-refractivity contribution in [3.63, 3.8) is 0 Å². The number of hydrogen-bond acceptors (Lipinski definition) is 11.